The molecular weight excluding hydrogens is 336 g/mol. The fourth-order valence-electron chi connectivity index (χ4n) is 3.12. The Morgan fingerprint density at radius 2 is 2.12 bits per heavy atom. The summed E-state index contributed by atoms with van der Waals surface area (Å²) in [5, 5.41) is 4.34. The zero-order valence-electron chi connectivity index (χ0n) is 14.4. The van der Waals surface area contributed by atoms with Crippen LogP contribution in [0.5, 0.6) is 0 Å². The van der Waals surface area contributed by atoms with Crippen molar-refractivity contribution in [2.24, 2.45) is 0 Å². The SMILES string of the molecule is Cc1ccc([C@@H]2[C@H](c3ccccn3)NC(=S)N2CCCN(C)C)s1. The quantitative estimate of drug-likeness (QED) is 0.798. The van der Waals surface area contributed by atoms with Crippen LogP contribution in [0.2, 0.25) is 0 Å². The molecule has 6 heteroatoms. The molecule has 0 spiro atoms. The van der Waals surface area contributed by atoms with Crippen molar-refractivity contribution in [3.63, 3.8) is 0 Å². The van der Waals surface area contributed by atoms with Crippen LogP contribution in [0.15, 0.2) is 36.5 Å². The highest BCUT2D eigenvalue weighted by molar-refractivity contribution is 7.80. The van der Waals surface area contributed by atoms with Crippen LogP contribution in [0.1, 0.15) is 34.0 Å². The van der Waals surface area contributed by atoms with Crippen molar-refractivity contribution in [2.45, 2.75) is 25.4 Å². The van der Waals surface area contributed by atoms with Gasteiger partial charge < -0.3 is 15.1 Å². The number of aromatic nitrogens is 1. The standard InChI is InChI=1S/C18H24N4S2/c1-13-8-9-15(24-13)17-16(14-7-4-5-10-19-14)20-18(23)22(17)12-6-11-21(2)3/h4-5,7-10,16-17H,6,11-12H2,1-3H3,(H,20,23)/t16-,17+/m0/s1. The third-order valence-electron chi connectivity index (χ3n) is 4.25. The molecule has 0 bridgehead atoms. The van der Waals surface area contributed by atoms with Crippen LogP contribution in [0.4, 0.5) is 0 Å². The van der Waals surface area contributed by atoms with Crippen molar-refractivity contribution in [1.29, 1.82) is 0 Å². The van der Waals surface area contributed by atoms with Crippen molar-refractivity contribution >= 4 is 28.7 Å². The summed E-state index contributed by atoms with van der Waals surface area (Å²) in [4.78, 5) is 11.8. The molecule has 0 unspecified atom stereocenters. The van der Waals surface area contributed by atoms with Crippen molar-refractivity contribution in [3.05, 3.63) is 52.0 Å². The van der Waals surface area contributed by atoms with E-state index in [0.717, 1.165) is 30.3 Å². The normalized spacial score (nSPS) is 20.7. The third-order valence-corrected chi connectivity index (χ3v) is 5.68. The number of rotatable bonds is 6. The van der Waals surface area contributed by atoms with Crippen LogP contribution >= 0.6 is 23.6 Å². The summed E-state index contributed by atoms with van der Waals surface area (Å²) in [6, 6.07) is 10.8. The number of thiophene rings is 1. The van der Waals surface area contributed by atoms with Crippen molar-refractivity contribution in [3.8, 4) is 0 Å². The van der Waals surface area contributed by atoms with Gasteiger partial charge in [-0.1, -0.05) is 6.07 Å². The Bertz CT molecular complexity index is 683. The molecule has 0 amide bonds. The lowest BCUT2D eigenvalue weighted by Crippen LogP contribution is -2.32. The number of hydrogen-bond acceptors (Lipinski definition) is 4. The van der Waals surface area contributed by atoms with E-state index < -0.39 is 0 Å². The summed E-state index contributed by atoms with van der Waals surface area (Å²) >= 11 is 7.51. The molecule has 2 aromatic rings. The molecule has 0 aliphatic carbocycles. The van der Waals surface area contributed by atoms with E-state index in [9.17, 15) is 0 Å². The average molecular weight is 361 g/mol. The predicted octanol–water partition coefficient (Wildman–Crippen LogP) is 3.38. The molecule has 0 radical (unpaired) electrons. The molecule has 3 heterocycles. The molecule has 24 heavy (non-hydrogen) atoms. The molecule has 0 saturated carbocycles. The lowest BCUT2D eigenvalue weighted by molar-refractivity contribution is 0.296. The number of nitrogens with one attached hydrogen (secondary N) is 1. The van der Waals surface area contributed by atoms with E-state index in [-0.39, 0.29) is 12.1 Å². The number of hydrogen-bond donors (Lipinski definition) is 1. The summed E-state index contributed by atoms with van der Waals surface area (Å²) in [5.74, 6) is 0. The smallest absolute Gasteiger partial charge is 0.170 e. The van der Waals surface area contributed by atoms with Crippen molar-refractivity contribution < 1.29 is 0 Å². The first-order chi connectivity index (χ1) is 11.6. The maximum Gasteiger partial charge on any atom is 0.170 e. The zero-order valence-corrected chi connectivity index (χ0v) is 16.0. The largest absolute Gasteiger partial charge is 0.352 e. The molecule has 128 valence electrons. The van der Waals surface area contributed by atoms with E-state index in [1.54, 1.807) is 0 Å². The van der Waals surface area contributed by atoms with E-state index in [2.05, 4.69) is 59.3 Å². The monoisotopic (exact) mass is 360 g/mol. The molecule has 4 nitrogen and oxygen atoms in total. The maximum atomic E-state index is 5.66. The Labute approximate surface area is 153 Å². The molecule has 2 aromatic heterocycles. The molecule has 1 N–H and O–H groups in total. The third kappa shape index (κ3) is 3.77. The summed E-state index contributed by atoms with van der Waals surface area (Å²) in [6.07, 6.45) is 2.94. The van der Waals surface area contributed by atoms with Gasteiger partial charge in [0.2, 0.25) is 0 Å². The molecule has 1 aliphatic rings. The summed E-state index contributed by atoms with van der Waals surface area (Å²) in [6.45, 7) is 4.17. The van der Waals surface area contributed by atoms with Gasteiger partial charge in [-0.25, -0.2) is 0 Å². The van der Waals surface area contributed by atoms with Crippen LogP contribution in [0, 0.1) is 6.92 Å². The van der Waals surface area contributed by atoms with Gasteiger partial charge in [0.1, 0.15) is 0 Å². The van der Waals surface area contributed by atoms with Gasteiger partial charge >= 0.3 is 0 Å². The average Bonchev–Trinajstić information content (AvgIpc) is 3.12. The Hall–Kier alpha value is -1.50. The van der Waals surface area contributed by atoms with Gasteiger partial charge in [0.25, 0.3) is 0 Å². The van der Waals surface area contributed by atoms with E-state index in [0.29, 0.717) is 0 Å². The topological polar surface area (TPSA) is 31.4 Å². The minimum atomic E-state index is 0.108. The van der Waals surface area contributed by atoms with Crippen LogP contribution < -0.4 is 5.32 Å². The summed E-state index contributed by atoms with van der Waals surface area (Å²) in [5.41, 5.74) is 1.05. The molecule has 1 fully saturated rings. The van der Waals surface area contributed by atoms with Crippen LogP contribution in [0.25, 0.3) is 0 Å². The van der Waals surface area contributed by atoms with E-state index in [1.807, 2.05) is 29.7 Å². The van der Waals surface area contributed by atoms with Gasteiger partial charge in [-0.05, 0) is 70.5 Å². The Morgan fingerprint density at radius 3 is 2.75 bits per heavy atom. The van der Waals surface area contributed by atoms with Gasteiger partial charge in [-0.3, -0.25) is 4.98 Å². The number of thiocarbonyl (C=S) groups is 1. The minimum absolute atomic E-state index is 0.108. The van der Waals surface area contributed by atoms with Crippen LogP contribution in [0.3, 0.4) is 0 Å². The number of nitrogens with zero attached hydrogens (tertiary/aromatic N) is 3. The highest BCUT2D eigenvalue weighted by atomic mass is 32.1. The van der Waals surface area contributed by atoms with Gasteiger partial charge in [-0.2, -0.15) is 0 Å². The molecule has 1 aliphatic heterocycles. The fourth-order valence-corrected chi connectivity index (χ4v) is 4.48. The molecule has 2 atom stereocenters. The first-order valence-corrected chi connectivity index (χ1v) is 9.48. The lowest BCUT2D eigenvalue weighted by atomic mass is 10.0. The number of aryl methyl sites for hydroxylation is 1. The maximum absolute atomic E-state index is 5.66. The van der Waals surface area contributed by atoms with Crippen LogP contribution in [-0.2, 0) is 0 Å². The van der Waals surface area contributed by atoms with E-state index >= 15 is 0 Å². The Balaban J connectivity index is 1.88. The van der Waals surface area contributed by atoms with E-state index in [4.69, 9.17) is 12.2 Å². The van der Waals surface area contributed by atoms with Gasteiger partial charge in [0, 0.05) is 22.5 Å². The predicted molar refractivity (Wildman–Crippen MR) is 104 cm³/mol. The lowest BCUT2D eigenvalue weighted by Gasteiger charge is -2.27. The molecule has 0 aromatic carbocycles. The second-order valence-corrected chi connectivity index (χ2v) is 8.13. The highest BCUT2D eigenvalue weighted by Gasteiger charge is 2.40. The Kier molecular flexibility index (Phi) is 5.48. The van der Waals surface area contributed by atoms with Gasteiger partial charge in [0.15, 0.2) is 5.11 Å². The molecular formula is C18H24N4S2. The summed E-state index contributed by atoms with van der Waals surface area (Å²) < 4.78 is 0. The Morgan fingerprint density at radius 1 is 1.29 bits per heavy atom. The first-order valence-electron chi connectivity index (χ1n) is 8.25. The second kappa shape index (κ2) is 7.59. The fraction of sp³-hybridized carbons (Fsp3) is 0.444. The highest BCUT2D eigenvalue weighted by Crippen LogP contribution is 2.41. The molecule has 3 rings (SSSR count). The van der Waals surface area contributed by atoms with Gasteiger partial charge in [0.05, 0.1) is 17.8 Å². The minimum Gasteiger partial charge on any atom is -0.352 e. The van der Waals surface area contributed by atoms with E-state index in [1.165, 1.54) is 9.75 Å². The summed E-state index contributed by atoms with van der Waals surface area (Å²) in [7, 11) is 4.22. The number of pyridine rings is 1. The van der Waals surface area contributed by atoms with Crippen molar-refractivity contribution in [2.75, 3.05) is 27.2 Å². The second-order valence-electron chi connectivity index (χ2n) is 6.43. The van der Waals surface area contributed by atoms with Crippen molar-refractivity contribution in [1.82, 2.24) is 20.1 Å². The molecule has 1 saturated heterocycles. The zero-order chi connectivity index (χ0) is 17.1. The van der Waals surface area contributed by atoms with Crippen LogP contribution in [-0.4, -0.2) is 47.1 Å². The van der Waals surface area contributed by atoms with Gasteiger partial charge in [-0.15, -0.1) is 11.3 Å². The first kappa shape index (κ1) is 17.3.